The molecule has 1 unspecified atom stereocenters. The summed E-state index contributed by atoms with van der Waals surface area (Å²) in [4.78, 5) is 14.0. The van der Waals surface area contributed by atoms with E-state index in [9.17, 15) is 4.79 Å². The average molecular weight is 263 g/mol. The lowest BCUT2D eigenvalue weighted by atomic mass is 10.2. The van der Waals surface area contributed by atoms with Crippen LogP contribution in [0.1, 0.15) is 12.8 Å². The zero-order chi connectivity index (χ0) is 13.7. The molecule has 0 aromatic heterocycles. The number of likely N-dealkylation sites (N-methyl/N-ethyl adjacent to an activating group) is 1. The molecule has 0 saturated carbocycles. The molecular weight excluding hydrogens is 242 g/mol. The lowest BCUT2D eigenvalue weighted by Crippen LogP contribution is -2.34. The highest BCUT2D eigenvalue weighted by atomic mass is 16.5. The highest BCUT2D eigenvalue weighted by Crippen LogP contribution is 2.17. The van der Waals surface area contributed by atoms with E-state index in [1.54, 1.807) is 6.07 Å². The number of carbonyl (C=O) groups is 1. The fourth-order valence-corrected chi connectivity index (χ4v) is 2.15. The number of hydrogen-bond donors (Lipinski definition) is 2. The number of para-hydroxylation sites is 2. The third-order valence-corrected chi connectivity index (χ3v) is 3.46. The minimum atomic E-state index is -0.0105. The van der Waals surface area contributed by atoms with E-state index in [1.165, 1.54) is 0 Å². The van der Waals surface area contributed by atoms with E-state index >= 15 is 0 Å². The van der Waals surface area contributed by atoms with Crippen LogP contribution in [0.3, 0.4) is 0 Å². The second-order valence-corrected chi connectivity index (χ2v) is 4.88. The minimum Gasteiger partial charge on any atom is -0.397 e. The van der Waals surface area contributed by atoms with E-state index in [0.717, 1.165) is 26.2 Å². The van der Waals surface area contributed by atoms with E-state index < -0.39 is 0 Å². The Hall–Kier alpha value is -1.59. The Morgan fingerprint density at radius 1 is 1.53 bits per heavy atom. The molecule has 1 heterocycles. The number of nitrogens with two attached hydrogens (primary N) is 1. The van der Waals surface area contributed by atoms with Gasteiger partial charge in [-0.2, -0.15) is 0 Å². The predicted molar refractivity (Wildman–Crippen MR) is 76.0 cm³/mol. The smallest absolute Gasteiger partial charge is 0.225 e. The third-order valence-electron chi connectivity index (χ3n) is 3.46. The molecule has 1 aromatic rings. The fourth-order valence-electron chi connectivity index (χ4n) is 2.15. The van der Waals surface area contributed by atoms with Gasteiger partial charge in [0.25, 0.3) is 0 Å². The summed E-state index contributed by atoms with van der Waals surface area (Å²) in [6.45, 7) is 2.32. The largest absolute Gasteiger partial charge is 0.397 e. The number of anilines is 2. The number of hydrogen-bond acceptors (Lipinski definition) is 4. The molecule has 1 saturated heterocycles. The van der Waals surface area contributed by atoms with Crippen LogP contribution in [0.15, 0.2) is 24.3 Å². The molecule has 0 aliphatic carbocycles. The van der Waals surface area contributed by atoms with Gasteiger partial charge in [-0.15, -0.1) is 0 Å². The number of ether oxygens (including phenoxy) is 1. The zero-order valence-electron chi connectivity index (χ0n) is 11.3. The SMILES string of the molecule is CN(CCC(=O)Nc1ccccc1N)C1CCOC1. The number of nitrogens with zero attached hydrogens (tertiary/aromatic N) is 1. The summed E-state index contributed by atoms with van der Waals surface area (Å²) in [5.41, 5.74) is 7.05. The number of nitrogen functional groups attached to an aromatic ring is 1. The number of nitrogens with one attached hydrogen (secondary N) is 1. The quantitative estimate of drug-likeness (QED) is 0.786. The number of benzene rings is 1. The van der Waals surface area contributed by atoms with E-state index in [0.29, 0.717) is 23.8 Å². The Bertz CT molecular complexity index is 430. The minimum absolute atomic E-state index is 0.0105. The van der Waals surface area contributed by atoms with Crippen LogP contribution in [0.2, 0.25) is 0 Å². The maximum Gasteiger partial charge on any atom is 0.225 e. The molecule has 2 rings (SSSR count). The Labute approximate surface area is 113 Å². The van der Waals surface area contributed by atoms with Crippen molar-refractivity contribution < 1.29 is 9.53 Å². The average Bonchev–Trinajstić information content (AvgIpc) is 2.93. The van der Waals surface area contributed by atoms with Crippen molar-refractivity contribution in [2.45, 2.75) is 18.9 Å². The van der Waals surface area contributed by atoms with Crippen LogP contribution in [0.25, 0.3) is 0 Å². The van der Waals surface area contributed by atoms with Crippen LogP contribution in [-0.4, -0.2) is 43.7 Å². The van der Waals surface area contributed by atoms with Crippen LogP contribution in [-0.2, 0) is 9.53 Å². The van der Waals surface area contributed by atoms with E-state index in [2.05, 4.69) is 10.2 Å². The van der Waals surface area contributed by atoms with E-state index in [1.807, 2.05) is 25.2 Å². The van der Waals surface area contributed by atoms with Gasteiger partial charge in [0.2, 0.25) is 5.91 Å². The van der Waals surface area contributed by atoms with Crippen molar-refractivity contribution >= 4 is 17.3 Å². The van der Waals surface area contributed by atoms with Gasteiger partial charge in [0.1, 0.15) is 0 Å². The van der Waals surface area contributed by atoms with Gasteiger partial charge in [-0.25, -0.2) is 0 Å². The summed E-state index contributed by atoms with van der Waals surface area (Å²) in [6.07, 6.45) is 1.51. The van der Waals surface area contributed by atoms with E-state index in [-0.39, 0.29) is 5.91 Å². The predicted octanol–water partition coefficient (Wildman–Crippen LogP) is 1.32. The van der Waals surface area contributed by atoms with Gasteiger partial charge in [0.05, 0.1) is 18.0 Å². The molecule has 1 aliphatic rings. The molecule has 0 spiro atoms. The van der Waals surface area contributed by atoms with Crippen LogP contribution in [0.5, 0.6) is 0 Å². The van der Waals surface area contributed by atoms with Crippen molar-refractivity contribution in [2.24, 2.45) is 0 Å². The lowest BCUT2D eigenvalue weighted by Gasteiger charge is -2.22. The number of amides is 1. The molecule has 1 aromatic carbocycles. The second kappa shape index (κ2) is 6.54. The molecule has 104 valence electrons. The van der Waals surface area contributed by atoms with Crippen molar-refractivity contribution in [3.63, 3.8) is 0 Å². The van der Waals surface area contributed by atoms with Gasteiger partial charge < -0.3 is 20.7 Å². The van der Waals surface area contributed by atoms with Crippen molar-refractivity contribution in [1.82, 2.24) is 4.90 Å². The standard InChI is InChI=1S/C14H21N3O2/c1-17(11-7-9-19-10-11)8-6-14(18)16-13-5-3-2-4-12(13)15/h2-5,11H,6-10,15H2,1H3,(H,16,18). The molecule has 1 aliphatic heterocycles. The van der Waals surface area contributed by atoms with Crippen LogP contribution in [0, 0.1) is 0 Å². The Morgan fingerprint density at radius 3 is 3.00 bits per heavy atom. The summed E-state index contributed by atoms with van der Waals surface area (Å²) in [5, 5.41) is 2.83. The summed E-state index contributed by atoms with van der Waals surface area (Å²) in [7, 11) is 2.03. The van der Waals surface area contributed by atoms with Crippen LogP contribution < -0.4 is 11.1 Å². The Kier molecular flexibility index (Phi) is 4.76. The fraction of sp³-hybridized carbons (Fsp3) is 0.500. The topological polar surface area (TPSA) is 67.6 Å². The number of rotatable bonds is 5. The summed E-state index contributed by atoms with van der Waals surface area (Å²) >= 11 is 0. The van der Waals surface area contributed by atoms with Gasteiger partial charge in [-0.3, -0.25) is 4.79 Å². The maximum atomic E-state index is 11.9. The van der Waals surface area contributed by atoms with Crippen molar-refractivity contribution in [3.05, 3.63) is 24.3 Å². The first kappa shape index (κ1) is 13.8. The van der Waals surface area contributed by atoms with Crippen molar-refractivity contribution in [3.8, 4) is 0 Å². The molecule has 1 amide bonds. The molecule has 0 bridgehead atoms. The summed E-state index contributed by atoms with van der Waals surface area (Å²) in [6, 6.07) is 7.72. The monoisotopic (exact) mass is 263 g/mol. The summed E-state index contributed by atoms with van der Waals surface area (Å²) < 4.78 is 5.34. The molecule has 5 nitrogen and oxygen atoms in total. The first-order chi connectivity index (χ1) is 9.16. The molecule has 0 radical (unpaired) electrons. The Balaban J connectivity index is 1.77. The van der Waals surface area contributed by atoms with Gasteiger partial charge in [0.15, 0.2) is 0 Å². The van der Waals surface area contributed by atoms with Gasteiger partial charge >= 0.3 is 0 Å². The van der Waals surface area contributed by atoms with E-state index in [4.69, 9.17) is 10.5 Å². The molecular formula is C14H21N3O2. The normalized spacial score (nSPS) is 18.7. The van der Waals surface area contributed by atoms with Crippen molar-refractivity contribution in [1.29, 1.82) is 0 Å². The van der Waals surface area contributed by atoms with Crippen LogP contribution in [0.4, 0.5) is 11.4 Å². The lowest BCUT2D eigenvalue weighted by molar-refractivity contribution is -0.116. The maximum absolute atomic E-state index is 11.9. The first-order valence-corrected chi connectivity index (χ1v) is 6.59. The number of carbonyl (C=O) groups excluding carboxylic acids is 1. The summed E-state index contributed by atoms with van der Waals surface area (Å²) in [5.74, 6) is -0.0105. The zero-order valence-corrected chi connectivity index (χ0v) is 11.3. The molecule has 1 fully saturated rings. The van der Waals surface area contributed by atoms with Gasteiger partial charge in [0, 0.05) is 25.6 Å². The third kappa shape index (κ3) is 3.94. The van der Waals surface area contributed by atoms with Crippen molar-refractivity contribution in [2.75, 3.05) is 37.9 Å². The Morgan fingerprint density at radius 2 is 2.32 bits per heavy atom. The van der Waals surface area contributed by atoms with Crippen LogP contribution >= 0.6 is 0 Å². The van der Waals surface area contributed by atoms with Gasteiger partial charge in [-0.1, -0.05) is 12.1 Å². The molecule has 19 heavy (non-hydrogen) atoms. The first-order valence-electron chi connectivity index (χ1n) is 6.59. The second-order valence-electron chi connectivity index (χ2n) is 4.88. The molecule has 1 atom stereocenters. The highest BCUT2D eigenvalue weighted by molar-refractivity contribution is 5.93. The highest BCUT2D eigenvalue weighted by Gasteiger charge is 2.20. The molecule has 3 N–H and O–H groups in total. The molecule has 5 heteroatoms. The van der Waals surface area contributed by atoms with Gasteiger partial charge in [-0.05, 0) is 25.6 Å².